The highest BCUT2D eigenvalue weighted by atomic mass is 15.3. The van der Waals surface area contributed by atoms with Crippen molar-refractivity contribution in [1.29, 1.82) is 0 Å². The number of aromatic nitrogens is 3. The average Bonchev–Trinajstić information content (AvgIpc) is 2.92. The third-order valence-electron chi connectivity index (χ3n) is 3.66. The maximum absolute atomic E-state index is 8.92. The summed E-state index contributed by atoms with van der Waals surface area (Å²) < 4.78 is 1.66. The van der Waals surface area contributed by atoms with Gasteiger partial charge in [0.25, 0.3) is 0 Å². The molecule has 110 valence electrons. The number of para-hydroxylation sites is 2. The van der Waals surface area contributed by atoms with Gasteiger partial charge in [0.15, 0.2) is 11.5 Å². The Balaban J connectivity index is 2.20. The molecule has 0 aliphatic carbocycles. The van der Waals surface area contributed by atoms with Crippen molar-refractivity contribution in [3.8, 4) is 5.69 Å². The van der Waals surface area contributed by atoms with Gasteiger partial charge in [0.1, 0.15) is 0 Å². The van der Waals surface area contributed by atoms with Crippen LogP contribution < -0.4 is 5.73 Å². The van der Waals surface area contributed by atoms with Gasteiger partial charge in [0.2, 0.25) is 0 Å². The Bertz CT molecular complexity index is 1080. The Morgan fingerprint density at radius 2 is 1.78 bits per heavy atom. The normalized spacial score (nSPS) is 10.8. The highest BCUT2D eigenvalue weighted by Gasteiger charge is 2.17. The molecular weight excluding hydrogens is 290 g/mol. The molecule has 0 aliphatic heterocycles. The molecule has 0 saturated heterocycles. The third kappa shape index (κ3) is 1.96. The standard InChI is InChI=1S/C16H11N7/c17-15-13-14(20-22-18)11-8-4-5-9-12(11)19-16(13)23(21-15)10-6-2-1-3-7-10/h1-9H,(H2,17,21). The summed E-state index contributed by atoms with van der Waals surface area (Å²) in [6, 6.07) is 17.0. The summed E-state index contributed by atoms with van der Waals surface area (Å²) in [6.45, 7) is 0. The van der Waals surface area contributed by atoms with Crippen molar-refractivity contribution in [3.05, 3.63) is 65.0 Å². The topological polar surface area (TPSA) is 105 Å². The minimum absolute atomic E-state index is 0.282. The molecule has 0 amide bonds. The fourth-order valence-corrected chi connectivity index (χ4v) is 2.67. The number of pyridine rings is 1. The lowest BCUT2D eigenvalue weighted by molar-refractivity contribution is 0.905. The van der Waals surface area contributed by atoms with Crippen molar-refractivity contribution in [3.63, 3.8) is 0 Å². The second-order valence-corrected chi connectivity index (χ2v) is 5.00. The van der Waals surface area contributed by atoms with Crippen LogP contribution in [0.5, 0.6) is 0 Å². The van der Waals surface area contributed by atoms with Gasteiger partial charge in [0, 0.05) is 10.3 Å². The van der Waals surface area contributed by atoms with E-state index in [1.54, 1.807) is 4.68 Å². The summed E-state index contributed by atoms with van der Waals surface area (Å²) in [7, 11) is 0. The molecule has 23 heavy (non-hydrogen) atoms. The molecule has 0 unspecified atom stereocenters. The number of nitrogen functional groups attached to an aromatic ring is 1. The molecule has 0 spiro atoms. The van der Waals surface area contributed by atoms with E-state index < -0.39 is 0 Å². The van der Waals surface area contributed by atoms with E-state index in [1.807, 2.05) is 54.6 Å². The number of anilines is 1. The van der Waals surface area contributed by atoms with Crippen LogP contribution in [-0.4, -0.2) is 14.8 Å². The summed E-state index contributed by atoms with van der Waals surface area (Å²) in [5, 5.41) is 9.52. The Morgan fingerprint density at radius 3 is 2.57 bits per heavy atom. The van der Waals surface area contributed by atoms with Gasteiger partial charge in [-0.3, -0.25) is 0 Å². The van der Waals surface area contributed by atoms with E-state index in [4.69, 9.17) is 11.3 Å². The Morgan fingerprint density at radius 1 is 1.04 bits per heavy atom. The first-order valence-electron chi connectivity index (χ1n) is 6.97. The van der Waals surface area contributed by atoms with Gasteiger partial charge in [-0.1, -0.05) is 41.5 Å². The Labute approximate surface area is 130 Å². The first-order chi connectivity index (χ1) is 11.3. The molecule has 2 heterocycles. The molecule has 0 aliphatic rings. The maximum atomic E-state index is 8.92. The van der Waals surface area contributed by atoms with E-state index in [0.717, 1.165) is 16.6 Å². The second-order valence-electron chi connectivity index (χ2n) is 5.00. The molecule has 0 bridgehead atoms. The molecule has 7 heteroatoms. The lowest BCUT2D eigenvalue weighted by atomic mass is 10.1. The van der Waals surface area contributed by atoms with E-state index in [2.05, 4.69) is 20.1 Å². The predicted octanol–water partition coefficient (Wildman–Crippen LogP) is 4.10. The van der Waals surface area contributed by atoms with Crippen LogP contribution in [0.1, 0.15) is 0 Å². The highest BCUT2D eigenvalue weighted by molar-refractivity contribution is 6.09. The third-order valence-corrected chi connectivity index (χ3v) is 3.66. The van der Waals surface area contributed by atoms with Crippen molar-refractivity contribution in [2.24, 2.45) is 5.11 Å². The van der Waals surface area contributed by atoms with Crippen LogP contribution >= 0.6 is 0 Å². The first kappa shape index (κ1) is 13.1. The summed E-state index contributed by atoms with van der Waals surface area (Å²) in [4.78, 5) is 7.59. The molecule has 4 rings (SSSR count). The average molecular weight is 301 g/mol. The summed E-state index contributed by atoms with van der Waals surface area (Å²) in [6.07, 6.45) is 0. The van der Waals surface area contributed by atoms with Gasteiger partial charge in [-0.15, -0.1) is 5.10 Å². The van der Waals surface area contributed by atoms with Crippen LogP contribution in [0.2, 0.25) is 0 Å². The van der Waals surface area contributed by atoms with Crippen molar-refractivity contribution in [2.45, 2.75) is 0 Å². The lowest BCUT2D eigenvalue weighted by Gasteiger charge is -2.05. The van der Waals surface area contributed by atoms with E-state index in [1.165, 1.54) is 0 Å². The largest absolute Gasteiger partial charge is 0.382 e. The number of rotatable bonds is 2. The Kier molecular flexibility index (Phi) is 2.86. The van der Waals surface area contributed by atoms with Gasteiger partial charge in [-0.2, -0.15) is 0 Å². The summed E-state index contributed by atoms with van der Waals surface area (Å²) in [5.41, 5.74) is 17.6. The monoisotopic (exact) mass is 301 g/mol. The fraction of sp³-hybridized carbons (Fsp3) is 0. The van der Waals surface area contributed by atoms with Crippen molar-refractivity contribution in [2.75, 3.05) is 5.73 Å². The van der Waals surface area contributed by atoms with E-state index >= 15 is 0 Å². The van der Waals surface area contributed by atoms with Crippen LogP contribution in [0, 0.1) is 0 Å². The summed E-state index contributed by atoms with van der Waals surface area (Å²) >= 11 is 0. The number of hydrogen-bond donors (Lipinski definition) is 1. The molecule has 2 N–H and O–H groups in total. The number of benzene rings is 2. The zero-order valence-corrected chi connectivity index (χ0v) is 12.0. The van der Waals surface area contributed by atoms with E-state index in [9.17, 15) is 0 Å². The van der Waals surface area contributed by atoms with Crippen LogP contribution in [-0.2, 0) is 0 Å². The number of nitrogens with two attached hydrogens (primary N) is 1. The number of azide groups is 1. The second kappa shape index (κ2) is 5.01. The molecule has 0 atom stereocenters. The van der Waals surface area contributed by atoms with Crippen LogP contribution in [0.15, 0.2) is 59.7 Å². The zero-order valence-electron chi connectivity index (χ0n) is 12.0. The van der Waals surface area contributed by atoms with Gasteiger partial charge < -0.3 is 5.73 Å². The van der Waals surface area contributed by atoms with Crippen LogP contribution in [0.4, 0.5) is 11.5 Å². The number of hydrogen-bond acceptors (Lipinski definition) is 4. The molecule has 0 saturated carbocycles. The predicted molar refractivity (Wildman–Crippen MR) is 89.6 cm³/mol. The number of nitrogens with zero attached hydrogens (tertiary/aromatic N) is 6. The first-order valence-corrected chi connectivity index (χ1v) is 6.97. The van der Waals surface area contributed by atoms with Crippen molar-refractivity contribution >= 4 is 33.4 Å². The van der Waals surface area contributed by atoms with Gasteiger partial charge in [-0.25, -0.2) is 9.67 Å². The van der Waals surface area contributed by atoms with Crippen molar-refractivity contribution < 1.29 is 0 Å². The van der Waals surface area contributed by atoms with E-state index in [0.29, 0.717) is 16.7 Å². The SMILES string of the molecule is [N-]=[N+]=Nc1c2ccccc2nc2c1c(N)nn2-c1ccccc1. The van der Waals surface area contributed by atoms with Gasteiger partial charge >= 0.3 is 0 Å². The van der Waals surface area contributed by atoms with Gasteiger partial charge in [0.05, 0.1) is 22.3 Å². The smallest absolute Gasteiger partial charge is 0.166 e. The summed E-state index contributed by atoms with van der Waals surface area (Å²) in [5.74, 6) is 0.282. The molecule has 0 radical (unpaired) electrons. The lowest BCUT2D eigenvalue weighted by Crippen LogP contribution is -1.98. The molecule has 7 nitrogen and oxygen atoms in total. The number of fused-ring (bicyclic) bond motifs is 2. The van der Waals surface area contributed by atoms with Crippen LogP contribution in [0.3, 0.4) is 0 Å². The quantitative estimate of drug-likeness (QED) is 0.342. The Hall–Kier alpha value is -3.57. The van der Waals surface area contributed by atoms with Crippen molar-refractivity contribution in [1.82, 2.24) is 14.8 Å². The molecule has 2 aromatic heterocycles. The molecular formula is C16H11N7. The minimum atomic E-state index is 0.282. The zero-order chi connectivity index (χ0) is 15.8. The van der Waals surface area contributed by atoms with E-state index in [-0.39, 0.29) is 5.82 Å². The minimum Gasteiger partial charge on any atom is -0.382 e. The van der Waals surface area contributed by atoms with Gasteiger partial charge in [-0.05, 0) is 23.7 Å². The molecule has 2 aromatic carbocycles. The maximum Gasteiger partial charge on any atom is 0.166 e. The molecule has 4 aromatic rings. The van der Waals surface area contributed by atoms with Crippen LogP contribution in [0.25, 0.3) is 38.1 Å². The fourth-order valence-electron chi connectivity index (χ4n) is 2.67. The molecule has 0 fully saturated rings. The highest BCUT2D eigenvalue weighted by Crippen LogP contribution is 2.37.